The fourth-order valence-corrected chi connectivity index (χ4v) is 1.89. The van der Waals surface area contributed by atoms with Crippen LogP contribution in [-0.4, -0.2) is 11.4 Å². The average molecular weight is 200 g/mol. The number of carbonyl (C=O) groups is 1. The molecule has 0 heterocycles. The first-order valence-electron chi connectivity index (χ1n) is 4.81. The Morgan fingerprint density at radius 1 is 1.07 bits per heavy atom. The van der Waals surface area contributed by atoms with E-state index >= 15 is 0 Å². The summed E-state index contributed by atoms with van der Waals surface area (Å²) in [7, 11) is 0. The lowest BCUT2D eigenvalue weighted by atomic mass is 9.99. The van der Waals surface area contributed by atoms with Crippen molar-refractivity contribution in [3.05, 3.63) is 41.0 Å². The van der Waals surface area contributed by atoms with Gasteiger partial charge in [0.15, 0.2) is 0 Å². The topological polar surface area (TPSA) is 37.3 Å². The van der Waals surface area contributed by atoms with Crippen LogP contribution in [0.15, 0.2) is 24.3 Å². The Morgan fingerprint density at radius 3 is 2.47 bits per heavy atom. The predicted molar refractivity (Wildman–Crippen MR) is 60.5 cm³/mol. The molecule has 0 aliphatic heterocycles. The van der Waals surface area contributed by atoms with Gasteiger partial charge in [0.1, 0.15) is 12.0 Å². The maximum absolute atomic E-state index is 10.7. The lowest BCUT2D eigenvalue weighted by Gasteiger charge is -2.07. The number of aldehydes is 1. The van der Waals surface area contributed by atoms with Gasteiger partial charge in [-0.25, -0.2) is 0 Å². The van der Waals surface area contributed by atoms with Crippen LogP contribution in [0, 0.1) is 13.8 Å². The second-order valence-electron chi connectivity index (χ2n) is 3.83. The molecule has 1 N–H and O–H groups in total. The summed E-state index contributed by atoms with van der Waals surface area (Å²) in [6.07, 6.45) is 0.748. The quantitative estimate of drug-likeness (QED) is 0.718. The summed E-state index contributed by atoms with van der Waals surface area (Å²) in [5.41, 5.74) is 2.69. The zero-order chi connectivity index (χ0) is 11.0. The largest absolute Gasteiger partial charge is 0.507 e. The Hall–Kier alpha value is -1.83. The van der Waals surface area contributed by atoms with Crippen molar-refractivity contribution in [2.24, 2.45) is 0 Å². The molecule has 0 bridgehead atoms. The van der Waals surface area contributed by atoms with E-state index in [-0.39, 0.29) is 5.75 Å². The highest BCUT2D eigenvalue weighted by Crippen LogP contribution is 2.29. The molecule has 0 saturated carbocycles. The fourth-order valence-electron chi connectivity index (χ4n) is 1.89. The van der Waals surface area contributed by atoms with Crippen LogP contribution >= 0.6 is 0 Å². The van der Waals surface area contributed by atoms with E-state index in [1.54, 1.807) is 6.07 Å². The second-order valence-corrected chi connectivity index (χ2v) is 3.83. The molecular weight excluding hydrogens is 188 g/mol. The molecule has 2 aromatic carbocycles. The van der Waals surface area contributed by atoms with Gasteiger partial charge in [-0.2, -0.15) is 0 Å². The fraction of sp³-hybridized carbons (Fsp3) is 0.154. The van der Waals surface area contributed by atoms with Crippen molar-refractivity contribution < 1.29 is 9.90 Å². The summed E-state index contributed by atoms with van der Waals surface area (Å²) in [6.45, 7) is 3.96. The van der Waals surface area contributed by atoms with E-state index in [0.29, 0.717) is 5.56 Å². The van der Waals surface area contributed by atoms with Crippen LogP contribution < -0.4 is 0 Å². The molecule has 2 heteroatoms. The van der Waals surface area contributed by atoms with E-state index in [9.17, 15) is 9.90 Å². The number of hydrogen-bond acceptors (Lipinski definition) is 2. The Kier molecular flexibility index (Phi) is 2.19. The first kappa shape index (κ1) is 9.71. The Labute approximate surface area is 88.2 Å². The van der Waals surface area contributed by atoms with E-state index < -0.39 is 0 Å². The highest BCUT2D eigenvalue weighted by atomic mass is 16.3. The van der Waals surface area contributed by atoms with Gasteiger partial charge in [0.2, 0.25) is 0 Å². The van der Waals surface area contributed by atoms with Gasteiger partial charge in [0, 0.05) is 10.9 Å². The molecule has 76 valence electrons. The molecular formula is C13H12O2. The number of hydrogen-bond donors (Lipinski definition) is 1. The minimum absolute atomic E-state index is 0.168. The van der Waals surface area contributed by atoms with Gasteiger partial charge in [-0.1, -0.05) is 11.6 Å². The molecule has 0 aliphatic carbocycles. The van der Waals surface area contributed by atoms with Crippen LogP contribution in [0.25, 0.3) is 10.8 Å². The van der Waals surface area contributed by atoms with Crippen molar-refractivity contribution in [1.29, 1.82) is 0 Å². The average Bonchev–Trinajstić information content (AvgIpc) is 2.19. The minimum Gasteiger partial charge on any atom is -0.507 e. The third-order valence-electron chi connectivity index (χ3n) is 2.56. The highest BCUT2D eigenvalue weighted by Gasteiger charge is 2.05. The SMILES string of the molecule is Cc1cc(C)c2cc(C=O)cc(O)c2c1. The molecule has 0 unspecified atom stereocenters. The molecule has 0 atom stereocenters. The van der Waals surface area contributed by atoms with Crippen molar-refractivity contribution >= 4 is 17.1 Å². The number of rotatable bonds is 1. The molecule has 2 rings (SSSR count). The van der Waals surface area contributed by atoms with Crippen LogP contribution in [0.2, 0.25) is 0 Å². The summed E-state index contributed by atoms with van der Waals surface area (Å²) in [6, 6.07) is 7.26. The summed E-state index contributed by atoms with van der Waals surface area (Å²) in [5, 5.41) is 11.5. The first-order valence-corrected chi connectivity index (χ1v) is 4.81. The lowest BCUT2D eigenvalue weighted by molar-refractivity contribution is 0.112. The molecule has 0 aliphatic rings. The molecule has 0 aromatic heterocycles. The van der Waals surface area contributed by atoms with E-state index in [1.165, 1.54) is 6.07 Å². The van der Waals surface area contributed by atoms with Gasteiger partial charge >= 0.3 is 0 Å². The maximum atomic E-state index is 10.7. The standard InChI is InChI=1S/C13H12O2/c1-8-3-9(2)11-5-10(7-14)6-13(15)12(11)4-8/h3-7,15H,1-2H3. The molecule has 0 saturated heterocycles. The Bertz CT molecular complexity index is 542. The molecule has 0 spiro atoms. The molecule has 0 amide bonds. The Balaban J connectivity index is 2.91. The molecule has 2 nitrogen and oxygen atoms in total. The van der Waals surface area contributed by atoms with Gasteiger partial charge in [-0.15, -0.1) is 0 Å². The van der Waals surface area contributed by atoms with Crippen molar-refractivity contribution in [1.82, 2.24) is 0 Å². The van der Waals surface area contributed by atoms with Crippen LogP contribution in [0.3, 0.4) is 0 Å². The number of aromatic hydroxyl groups is 1. The minimum atomic E-state index is 0.168. The lowest BCUT2D eigenvalue weighted by Crippen LogP contribution is -1.86. The smallest absolute Gasteiger partial charge is 0.150 e. The van der Waals surface area contributed by atoms with Gasteiger partial charge in [-0.05, 0) is 43.0 Å². The summed E-state index contributed by atoms with van der Waals surface area (Å²) in [5.74, 6) is 0.168. The predicted octanol–water partition coefficient (Wildman–Crippen LogP) is 2.97. The van der Waals surface area contributed by atoms with Crippen molar-refractivity contribution in [3.8, 4) is 5.75 Å². The van der Waals surface area contributed by atoms with Crippen LogP contribution in [0.1, 0.15) is 21.5 Å². The molecule has 0 radical (unpaired) electrons. The van der Waals surface area contributed by atoms with Gasteiger partial charge < -0.3 is 5.11 Å². The monoisotopic (exact) mass is 200 g/mol. The van der Waals surface area contributed by atoms with Gasteiger partial charge in [0.05, 0.1) is 0 Å². The van der Waals surface area contributed by atoms with Crippen molar-refractivity contribution in [2.45, 2.75) is 13.8 Å². The highest BCUT2D eigenvalue weighted by molar-refractivity contribution is 5.95. The van der Waals surface area contributed by atoms with E-state index in [1.807, 2.05) is 26.0 Å². The molecule has 15 heavy (non-hydrogen) atoms. The number of aryl methyl sites for hydroxylation is 2. The normalized spacial score (nSPS) is 10.5. The third-order valence-corrected chi connectivity index (χ3v) is 2.56. The summed E-state index contributed by atoms with van der Waals surface area (Å²) < 4.78 is 0. The van der Waals surface area contributed by atoms with E-state index in [4.69, 9.17) is 0 Å². The summed E-state index contributed by atoms with van der Waals surface area (Å²) in [4.78, 5) is 10.7. The van der Waals surface area contributed by atoms with Gasteiger partial charge in [-0.3, -0.25) is 4.79 Å². The Morgan fingerprint density at radius 2 is 1.80 bits per heavy atom. The number of fused-ring (bicyclic) bond motifs is 1. The van der Waals surface area contributed by atoms with E-state index in [2.05, 4.69) is 0 Å². The maximum Gasteiger partial charge on any atom is 0.150 e. The van der Waals surface area contributed by atoms with Crippen LogP contribution in [0.4, 0.5) is 0 Å². The van der Waals surface area contributed by atoms with Crippen molar-refractivity contribution in [3.63, 3.8) is 0 Å². The zero-order valence-corrected chi connectivity index (χ0v) is 8.74. The van der Waals surface area contributed by atoms with E-state index in [0.717, 1.165) is 28.2 Å². The first-order chi connectivity index (χ1) is 7.11. The molecule has 0 fully saturated rings. The number of benzene rings is 2. The molecule has 2 aromatic rings. The third kappa shape index (κ3) is 1.59. The summed E-state index contributed by atoms with van der Waals surface area (Å²) >= 11 is 0. The number of phenols is 1. The van der Waals surface area contributed by atoms with Gasteiger partial charge in [0.25, 0.3) is 0 Å². The van der Waals surface area contributed by atoms with Crippen LogP contribution in [0.5, 0.6) is 5.75 Å². The number of phenolic OH excluding ortho intramolecular Hbond substituents is 1. The van der Waals surface area contributed by atoms with Crippen molar-refractivity contribution in [2.75, 3.05) is 0 Å². The van der Waals surface area contributed by atoms with Crippen LogP contribution in [-0.2, 0) is 0 Å². The zero-order valence-electron chi connectivity index (χ0n) is 8.74. The second kappa shape index (κ2) is 3.39. The number of carbonyl (C=O) groups excluding carboxylic acids is 1.